The largest absolute Gasteiger partial charge is 0.309 e. The minimum atomic E-state index is -0.0555. The highest BCUT2D eigenvalue weighted by Gasteiger charge is 2.41. The van der Waals surface area contributed by atoms with E-state index in [-0.39, 0.29) is 5.41 Å². The minimum Gasteiger partial charge on any atom is -0.309 e. The molecule has 0 saturated carbocycles. The maximum atomic E-state index is 2.50. The van der Waals surface area contributed by atoms with E-state index in [1.54, 1.807) is 0 Å². The van der Waals surface area contributed by atoms with E-state index in [1.807, 2.05) is 0 Å². The maximum Gasteiger partial charge on any atom is 0.0543 e. The number of aromatic nitrogens is 2. The van der Waals surface area contributed by atoms with Crippen LogP contribution >= 0.6 is 0 Å². The Morgan fingerprint density at radius 2 is 0.867 bits per heavy atom. The van der Waals surface area contributed by atoms with E-state index < -0.39 is 0 Å². The normalized spacial score (nSPS) is 13.7. The predicted octanol–water partition coefficient (Wildman–Crippen LogP) is 11.6. The van der Waals surface area contributed by atoms with Crippen LogP contribution in [0, 0.1) is 13.8 Å². The van der Waals surface area contributed by atoms with Crippen LogP contribution in [0.3, 0.4) is 0 Å². The Hall–Kier alpha value is -5.08. The second-order valence-electron chi connectivity index (χ2n) is 13.0. The van der Waals surface area contributed by atoms with Crippen molar-refractivity contribution in [3.05, 3.63) is 144 Å². The summed E-state index contributed by atoms with van der Waals surface area (Å²) in [5.74, 6) is 0. The summed E-state index contributed by atoms with van der Waals surface area (Å²) in [5.41, 5.74) is 15.7. The van der Waals surface area contributed by atoms with Crippen molar-refractivity contribution in [3.8, 4) is 22.5 Å². The summed E-state index contributed by atoms with van der Waals surface area (Å²) in [6.07, 6.45) is 2.10. The molecule has 45 heavy (non-hydrogen) atoms. The fraction of sp³-hybridized carbons (Fsp3) is 0.163. The molecule has 0 N–H and O–H groups in total. The van der Waals surface area contributed by atoms with Gasteiger partial charge in [0.25, 0.3) is 0 Å². The minimum absolute atomic E-state index is 0.0555. The Morgan fingerprint density at radius 1 is 0.444 bits per heavy atom. The standard InChI is InChI=1S/C43H36N2/c1-5-43(6-2)37-25-29(44-39-13-9-7-11-33(39)35-19-15-27(3)23-41(35)44)17-21-31(37)32-22-18-30(26-38(32)43)45-40-14-10-8-12-34(40)36-20-16-28(4)24-42(36)45/h7-26H,5-6H2,1-4H3. The first-order valence-electron chi connectivity index (χ1n) is 16.3. The van der Waals surface area contributed by atoms with E-state index in [9.17, 15) is 0 Å². The zero-order valence-corrected chi connectivity index (χ0v) is 26.4. The van der Waals surface area contributed by atoms with Gasteiger partial charge in [0.2, 0.25) is 0 Å². The van der Waals surface area contributed by atoms with Gasteiger partial charge in [-0.15, -0.1) is 0 Å². The third kappa shape index (κ3) is 3.51. The van der Waals surface area contributed by atoms with Crippen molar-refractivity contribution in [1.82, 2.24) is 9.13 Å². The molecule has 0 bridgehead atoms. The van der Waals surface area contributed by atoms with Crippen molar-refractivity contribution >= 4 is 43.6 Å². The van der Waals surface area contributed by atoms with Crippen molar-refractivity contribution in [2.45, 2.75) is 46.0 Å². The molecule has 0 amide bonds. The Morgan fingerprint density at radius 3 is 1.31 bits per heavy atom. The van der Waals surface area contributed by atoms with Gasteiger partial charge in [-0.1, -0.05) is 86.6 Å². The van der Waals surface area contributed by atoms with Gasteiger partial charge in [-0.25, -0.2) is 0 Å². The number of benzene rings is 6. The van der Waals surface area contributed by atoms with E-state index in [2.05, 4.69) is 158 Å². The van der Waals surface area contributed by atoms with Gasteiger partial charge < -0.3 is 9.13 Å². The number of nitrogens with zero attached hydrogens (tertiary/aromatic N) is 2. The van der Waals surface area contributed by atoms with Crippen LogP contribution in [-0.4, -0.2) is 9.13 Å². The summed E-state index contributed by atoms with van der Waals surface area (Å²) in [4.78, 5) is 0. The quantitative estimate of drug-likeness (QED) is 0.196. The number of fused-ring (bicyclic) bond motifs is 9. The first-order chi connectivity index (χ1) is 22.0. The van der Waals surface area contributed by atoms with Crippen molar-refractivity contribution in [1.29, 1.82) is 0 Å². The predicted molar refractivity (Wildman–Crippen MR) is 191 cm³/mol. The van der Waals surface area contributed by atoms with Crippen molar-refractivity contribution in [2.24, 2.45) is 0 Å². The summed E-state index contributed by atoms with van der Waals surface area (Å²) >= 11 is 0. The molecular formula is C43H36N2. The fourth-order valence-corrected chi connectivity index (χ4v) is 8.48. The van der Waals surface area contributed by atoms with Gasteiger partial charge in [0.05, 0.1) is 22.1 Å². The molecule has 2 aromatic heterocycles. The van der Waals surface area contributed by atoms with E-state index in [4.69, 9.17) is 0 Å². The van der Waals surface area contributed by atoms with Crippen molar-refractivity contribution in [3.63, 3.8) is 0 Å². The van der Waals surface area contributed by atoms with E-state index >= 15 is 0 Å². The van der Waals surface area contributed by atoms with Crippen LogP contribution in [0.15, 0.2) is 121 Å². The fourth-order valence-electron chi connectivity index (χ4n) is 8.48. The number of hydrogen-bond donors (Lipinski definition) is 0. The van der Waals surface area contributed by atoms with Crippen LogP contribution in [-0.2, 0) is 5.41 Å². The molecule has 6 aromatic carbocycles. The lowest BCUT2D eigenvalue weighted by Gasteiger charge is -2.30. The number of para-hydroxylation sites is 2. The molecule has 0 saturated heterocycles. The molecule has 9 rings (SSSR count). The SMILES string of the molecule is CCC1(CC)c2cc(-n3c4ccccc4c4ccc(C)cc43)ccc2-c2ccc(-n3c4ccccc4c4ccc(C)cc43)cc21. The third-order valence-corrected chi connectivity index (χ3v) is 10.7. The molecule has 2 nitrogen and oxygen atoms in total. The van der Waals surface area contributed by atoms with Gasteiger partial charge in [-0.2, -0.15) is 0 Å². The molecule has 8 aromatic rings. The molecule has 0 atom stereocenters. The van der Waals surface area contributed by atoms with E-state index in [1.165, 1.54) is 88.4 Å². The average molecular weight is 581 g/mol. The lowest BCUT2D eigenvalue weighted by molar-refractivity contribution is 0.490. The number of hydrogen-bond acceptors (Lipinski definition) is 0. The molecule has 2 heterocycles. The maximum absolute atomic E-state index is 2.50. The molecule has 0 unspecified atom stereocenters. The topological polar surface area (TPSA) is 9.86 Å². The van der Waals surface area contributed by atoms with Crippen LogP contribution < -0.4 is 0 Å². The molecule has 1 aliphatic carbocycles. The highest BCUT2D eigenvalue weighted by atomic mass is 15.0. The number of aryl methyl sites for hydroxylation is 2. The van der Waals surface area contributed by atoms with Gasteiger partial charge in [0.1, 0.15) is 0 Å². The van der Waals surface area contributed by atoms with Crippen LogP contribution in [0.2, 0.25) is 0 Å². The molecule has 1 aliphatic rings. The molecule has 0 radical (unpaired) electrons. The van der Waals surface area contributed by atoms with Crippen LogP contribution in [0.1, 0.15) is 48.9 Å². The Balaban J connectivity index is 1.28. The van der Waals surface area contributed by atoms with Crippen LogP contribution in [0.5, 0.6) is 0 Å². The zero-order chi connectivity index (χ0) is 30.4. The number of rotatable bonds is 4. The van der Waals surface area contributed by atoms with Gasteiger partial charge in [0.15, 0.2) is 0 Å². The summed E-state index contributed by atoms with van der Waals surface area (Å²) < 4.78 is 4.95. The van der Waals surface area contributed by atoms with Crippen LogP contribution in [0.25, 0.3) is 66.1 Å². The molecular weight excluding hydrogens is 544 g/mol. The molecule has 0 fully saturated rings. The second-order valence-corrected chi connectivity index (χ2v) is 13.0. The molecule has 2 heteroatoms. The lowest BCUT2D eigenvalue weighted by atomic mass is 9.73. The zero-order valence-electron chi connectivity index (χ0n) is 26.4. The third-order valence-electron chi connectivity index (χ3n) is 10.7. The van der Waals surface area contributed by atoms with Crippen LogP contribution in [0.4, 0.5) is 0 Å². The average Bonchev–Trinajstić information content (AvgIpc) is 3.67. The first kappa shape index (κ1) is 26.3. The van der Waals surface area contributed by atoms with Gasteiger partial charge in [-0.3, -0.25) is 0 Å². The van der Waals surface area contributed by atoms with Crippen molar-refractivity contribution < 1.29 is 0 Å². The van der Waals surface area contributed by atoms with E-state index in [0.29, 0.717) is 0 Å². The Bertz CT molecular complexity index is 2310. The summed E-state index contributed by atoms with van der Waals surface area (Å²) in [6.45, 7) is 9.12. The Labute approximate surface area is 264 Å². The van der Waals surface area contributed by atoms with Crippen molar-refractivity contribution in [2.75, 3.05) is 0 Å². The second kappa shape index (κ2) is 9.46. The van der Waals surface area contributed by atoms with Gasteiger partial charge in [-0.05, 0) is 109 Å². The summed E-state index contributed by atoms with van der Waals surface area (Å²) in [7, 11) is 0. The van der Waals surface area contributed by atoms with Gasteiger partial charge >= 0.3 is 0 Å². The Kier molecular flexibility index (Phi) is 5.54. The molecule has 218 valence electrons. The molecule has 0 aliphatic heterocycles. The summed E-state index contributed by atoms with van der Waals surface area (Å²) in [6, 6.07) is 45.8. The highest BCUT2D eigenvalue weighted by molar-refractivity contribution is 6.10. The van der Waals surface area contributed by atoms with E-state index in [0.717, 1.165) is 12.8 Å². The monoisotopic (exact) mass is 580 g/mol. The summed E-state index contributed by atoms with van der Waals surface area (Å²) in [5, 5.41) is 5.23. The van der Waals surface area contributed by atoms with Gasteiger partial charge in [0, 0.05) is 38.3 Å². The molecule has 0 spiro atoms. The highest BCUT2D eigenvalue weighted by Crippen LogP contribution is 2.54. The first-order valence-corrected chi connectivity index (χ1v) is 16.3. The smallest absolute Gasteiger partial charge is 0.0543 e. The lowest BCUT2D eigenvalue weighted by Crippen LogP contribution is -2.23.